The maximum Gasteiger partial charge on any atom is 0.337 e. The van der Waals surface area contributed by atoms with Gasteiger partial charge in [0.05, 0.1) is 48.4 Å². The van der Waals surface area contributed by atoms with Gasteiger partial charge in [0.15, 0.2) is 11.8 Å². The molecule has 0 spiro atoms. The minimum Gasteiger partial charge on any atom is -0.479 e. The molecule has 1 saturated heterocycles. The summed E-state index contributed by atoms with van der Waals surface area (Å²) in [6.45, 7) is 15.0. The molecule has 0 bridgehead atoms. The van der Waals surface area contributed by atoms with Crippen LogP contribution in [0.5, 0.6) is 0 Å². The minimum atomic E-state index is -1.23. The fourth-order valence-electron chi connectivity index (χ4n) is 4.69. The third-order valence-electron chi connectivity index (χ3n) is 6.56. The molecule has 12 nitrogen and oxygen atoms in total. The van der Waals surface area contributed by atoms with Crippen molar-refractivity contribution < 1.29 is 24.5 Å². The molecule has 0 amide bonds. The van der Waals surface area contributed by atoms with E-state index in [1.54, 1.807) is 28.4 Å². The zero-order valence-electron chi connectivity index (χ0n) is 22.7. The highest BCUT2D eigenvalue weighted by atomic mass is 16.5. The maximum absolute atomic E-state index is 12.5. The summed E-state index contributed by atoms with van der Waals surface area (Å²) < 4.78 is 15.4. The molecule has 1 aliphatic heterocycles. The lowest BCUT2D eigenvalue weighted by Gasteiger charge is -2.41. The Morgan fingerprint density at radius 2 is 2.00 bits per heavy atom. The van der Waals surface area contributed by atoms with Gasteiger partial charge in [-0.1, -0.05) is 11.3 Å². The number of hydrogen-bond acceptors (Lipinski definition) is 9. The summed E-state index contributed by atoms with van der Waals surface area (Å²) in [5.41, 5.74) is 1.77. The van der Waals surface area contributed by atoms with Gasteiger partial charge < -0.3 is 24.6 Å². The molecule has 3 aromatic heterocycles. The largest absolute Gasteiger partial charge is 0.479 e. The Balaban J connectivity index is 1.80. The van der Waals surface area contributed by atoms with E-state index >= 15 is 0 Å². The number of aromatic nitrogens is 6. The van der Waals surface area contributed by atoms with Gasteiger partial charge in [-0.3, -0.25) is 0 Å². The molecule has 0 aliphatic carbocycles. The molecular formula is C26H37N7O5. The van der Waals surface area contributed by atoms with Gasteiger partial charge in [-0.2, -0.15) is 9.61 Å². The van der Waals surface area contributed by atoms with Gasteiger partial charge in [-0.05, 0) is 47.5 Å². The van der Waals surface area contributed by atoms with Crippen LogP contribution in [0, 0.1) is 6.92 Å². The second-order valence-electron chi connectivity index (χ2n) is 10.9. The Morgan fingerprint density at radius 1 is 1.29 bits per heavy atom. The molecule has 4 rings (SSSR count). The molecule has 1 atom stereocenters. The molecule has 0 radical (unpaired) electrons. The van der Waals surface area contributed by atoms with E-state index in [2.05, 4.69) is 28.7 Å². The molecule has 1 unspecified atom stereocenters. The van der Waals surface area contributed by atoms with Gasteiger partial charge in [0.2, 0.25) is 0 Å². The van der Waals surface area contributed by atoms with Crippen molar-refractivity contribution in [3.8, 4) is 0 Å². The monoisotopic (exact) mass is 527 g/mol. The van der Waals surface area contributed by atoms with Crippen LogP contribution in [0.15, 0.2) is 24.9 Å². The summed E-state index contributed by atoms with van der Waals surface area (Å²) in [6.07, 6.45) is 3.66. The van der Waals surface area contributed by atoms with Crippen LogP contribution >= 0.6 is 0 Å². The SMILES string of the molecule is C=CCOC1(C)CCN(c2c(C(OC(C)(C)C)C(=O)O)c(C)nc3cc(Cn4cc(CO)nn4)nn23)CC1. The van der Waals surface area contributed by atoms with Crippen LogP contribution in [0.2, 0.25) is 0 Å². The number of carboxylic acid groups (broad SMARTS) is 1. The smallest absolute Gasteiger partial charge is 0.337 e. The summed E-state index contributed by atoms with van der Waals surface area (Å²) in [6, 6.07) is 1.85. The highest BCUT2D eigenvalue weighted by molar-refractivity contribution is 5.78. The van der Waals surface area contributed by atoms with Crippen LogP contribution < -0.4 is 4.90 Å². The van der Waals surface area contributed by atoms with Crippen LogP contribution in [-0.2, 0) is 27.4 Å². The first-order valence-electron chi connectivity index (χ1n) is 12.7. The first-order chi connectivity index (χ1) is 17.9. The molecule has 3 aromatic rings. The number of hydrogen-bond donors (Lipinski definition) is 2. The van der Waals surface area contributed by atoms with Crippen molar-refractivity contribution in [3.63, 3.8) is 0 Å². The standard InChI is InChI=1S/C26H37N7O5/c1-7-12-37-26(6)8-10-31(11-9-26)23-21(22(24(35)36)38-25(3,4)5)17(2)27-20-13-18(29-33(20)23)14-32-15-19(16-34)28-30-32/h7,13,15,22,34H,1,8-12,14,16H2,2-6H3,(H,35,36). The second-order valence-corrected chi connectivity index (χ2v) is 10.9. The summed E-state index contributed by atoms with van der Waals surface area (Å²) in [5, 5.41) is 32.3. The van der Waals surface area contributed by atoms with Crippen molar-refractivity contribution in [2.45, 2.75) is 77.9 Å². The maximum atomic E-state index is 12.5. The van der Waals surface area contributed by atoms with Gasteiger partial charge in [0.1, 0.15) is 11.5 Å². The number of anilines is 1. The number of carbonyl (C=O) groups is 1. The zero-order valence-corrected chi connectivity index (χ0v) is 22.7. The topological polar surface area (TPSA) is 140 Å². The lowest BCUT2D eigenvalue weighted by atomic mass is 9.92. The molecule has 4 heterocycles. The van der Waals surface area contributed by atoms with Crippen molar-refractivity contribution in [3.05, 3.63) is 47.6 Å². The van der Waals surface area contributed by atoms with E-state index in [1.165, 1.54) is 0 Å². The summed E-state index contributed by atoms with van der Waals surface area (Å²) in [5.74, 6) is -0.441. The van der Waals surface area contributed by atoms with Crippen LogP contribution in [0.4, 0.5) is 5.82 Å². The van der Waals surface area contributed by atoms with Crippen LogP contribution in [0.3, 0.4) is 0 Å². The molecule has 1 fully saturated rings. The van der Waals surface area contributed by atoms with Crippen molar-refractivity contribution in [2.75, 3.05) is 24.6 Å². The molecule has 0 saturated carbocycles. The third-order valence-corrected chi connectivity index (χ3v) is 6.56. The predicted octanol–water partition coefficient (Wildman–Crippen LogP) is 2.67. The van der Waals surface area contributed by atoms with E-state index in [1.807, 2.05) is 26.8 Å². The van der Waals surface area contributed by atoms with Crippen molar-refractivity contribution >= 4 is 17.4 Å². The number of rotatable bonds is 10. The number of aliphatic hydroxyl groups excluding tert-OH is 1. The van der Waals surface area contributed by atoms with E-state index in [0.29, 0.717) is 60.4 Å². The minimum absolute atomic E-state index is 0.200. The Kier molecular flexibility index (Phi) is 7.86. The lowest BCUT2D eigenvalue weighted by Crippen LogP contribution is -2.45. The van der Waals surface area contributed by atoms with Gasteiger partial charge >= 0.3 is 5.97 Å². The number of aryl methyl sites for hydroxylation is 1. The van der Waals surface area contributed by atoms with Crippen LogP contribution in [0.25, 0.3) is 5.65 Å². The molecule has 0 aromatic carbocycles. The summed E-state index contributed by atoms with van der Waals surface area (Å²) in [4.78, 5) is 19.4. The van der Waals surface area contributed by atoms with E-state index in [0.717, 1.165) is 12.8 Å². The molecule has 2 N–H and O–H groups in total. The highest BCUT2D eigenvalue weighted by Gasteiger charge is 2.37. The average Bonchev–Trinajstić information content (AvgIpc) is 3.47. The zero-order chi connectivity index (χ0) is 27.7. The number of fused-ring (bicyclic) bond motifs is 1. The Labute approximate surface area is 221 Å². The van der Waals surface area contributed by atoms with E-state index in [-0.39, 0.29) is 12.2 Å². The second kappa shape index (κ2) is 10.8. The Morgan fingerprint density at radius 3 is 2.58 bits per heavy atom. The summed E-state index contributed by atoms with van der Waals surface area (Å²) in [7, 11) is 0. The molecule has 206 valence electrons. The highest BCUT2D eigenvalue weighted by Crippen LogP contribution is 2.37. The Hall–Kier alpha value is -3.35. The van der Waals surface area contributed by atoms with Gasteiger partial charge in [0, 0.05) is 24.8 Å². The molecular weight excluding hydrogens is 490 g/mol. The molecule has 38 heavy (non-hydrogen) atoms. The van der Waals surface area contributed by atoms with E-state index in [9.17, 15) is 15.0 Å². The molecule has 12 heteroatoms. The number of aliphatic carboxylic acids is 1. The number of piperidine rings is 1. The van der Waals surface area contributed by atoms with E-state index < -0.39 is 17.7 Å². The number of carboxylic acids is 1. The van der Waals surface area contributed by atoms with Crippen LogP contribution in [0.1, 0.15) is 69.3 Å². The van der Waals surface area contributed by atoms with Gasteiger partial charge in [-0.15, -0.1) is 11.7 Å². The normalized spacial score (nSPS) is 16.6. The van der Waals surface area contributed by atoms with Gasteiger partial charge in [0.25, 0.3) is 0 Å². The first kappa shape index (κ1) is 27.7. The molecule has 1 aliphatic rings. The number of aliphatic hydroxyl groups is 1. The fourth-order valence-corrected chi connectivity index (χ4v) is 4.69. The quantitative estimate of drug-likeness (QED) is 0.378. The van der Waals surface area contributed by atoms with Crippen molar-refractivity contribution in [1.29, 1.82) is 0 Å². The average molecular weight is 528 g/mol. The van der Waals surface area contributed by atoms with Crippen molar-refractivity contribution in [2.24, 2.45) is 0 Å². The Bertz CT molecular complexity index is 1300. The van der Waals surface area contributed by atoms with Gasteiger partial charge in [-0.25, -0.2) is 14.5 Å². The lowest BCUT2D eigenvalue weighted by molar-refractivity contribution is -0.160. The van der Waals surface area contributed by atoms with Crippen LogP contribution in [-0.4, -0.2) is 76.7 Å². The third kappa shape index (κ3) is 6.03. The fraction of sp³-hybridized carbons (Fsp3) is 0.577. The first-order valence-corrected chi connectivity index (χ1v) is 12.7. The van der Waals surface area contributed by atoms with E-state index in [4.69, 9.17) is 19.6 Å². The predicted molar refractivity (Wildman–Crippen MR) is 140 cm³/mol. The number of nitrogens with zero attached hydrogens (tertiary/aromatic N) is 7. The van der Waals surface area contributed by atoms with Crippen molar-refractivity contribution in [1.82, 2.24) is 29.6 Å². The number of ether oxygens (including phenoxy) is 2. The summed E-state index contributed by atoms with van der Waals surface area (Å²) >= 11 is 0.